The van der Waals surface area contributed by atoms with Gasteiger partial charge in [-0.1, -0.05) is 24.4 Å². The van der Waals surface area contributed by atoms with E-state index in [1.54, 1.807) is 9.36 Å². The largest absolute Gasteiger partial charge is 0.505 e. The molecule has 2 aliphatic rings. The van der Waals surface area contributed by atoms with Crippen LogP contribution in [0, 0.1) is 23.5 Å². The number of aromatic hydroxyl groups is 1. The molecule has 4 rings (SSSR count). The summed E-state index contributed by atoms with van der Waals surface area (Å²) >= 11 is 6.31. The van der Waals surface area contributed by atoms with Crippen LogP contribution in [0.25, 0.3) is 11.1 Å². The molecule has 2 heterocycles. The maximum atomic E-state index is 14.1. The summed E-state index contributed by atoms with van der Waals surface area (Å²) in [5.41, 5.74) is -0.584. The monoisotopic (exact) mass is 354 g/mol. The molecule has 1 aromatic carbocycles. The number of phenolic OH excluding ortho intramolecular Hbond substituents is 1. The Hall–Kier alpha value is -1.82. The molecule has 1 fully saturated rings. The van der Waals surface area contributed by atoms with Crippen molar-refractivity contribution < 1.29 is 13.9 Å². The Morgan fingerprint density at radius 1 is 1.12 bits per heavy atom. The molecule has 1 atom stereocenters. The van der Waals surface area contributed by atoms with E-state index < -0.39 is 22.9 Å². The fraction of sp³-hybridized carbons (Fsp3) is 0.471. The van der Waals surface area contributed by atoms with Crippen molar-refractivity contribution in [1.82, 2.24) is 9.36 Å². The molecular formula is C17H17ClF2N2O2. The van der Waals surface area contributed by atoms with E-state index in [2.05, 4.69) is 0 Å². The third kappa shape index (κ3) is 2.53. The van der Waals surface area contributed by atoms with E-state index in [0.717, 1.165) is 24.8 Å². The minimum absolute atomic E-state index is 0.0171. The van der Waals surface area contributed by atoms with Gasteiger partial charge in [0.15, 0.2) is 11.6 Å². The van der Waals surface area contributed by atoms with Crippen LogP contribution in [0.5, 0.6) is 5.75 Å². The Labute approximate surface area is 142 Å². The van der Waals surface area contributed by atoms with Crippen LogP contribution < -0.4 is 5.56 Å². The van der Waals surface area contributed by atoms with Crippen LogP contribution in [0.3, 0.4) is 0 Å². The molecule has 1 saturated carbocycles. The second-order valence-electron chi connectivity index (χ2n) is 6.79. The lowest BCUT2D eigenvalue weighted by Gasteiger charge is -2.26. The fourth-order valence-corrected chi connectivity index (χ4v) is 3.93. The summed E-state index contributed by atoms with van der Waals surface area (Å²) in [4.78, 5) is 12.7. The third-order valence-corrected chi connectivity index (χ3v) is 5.41. The molecule has 1 unspecified atom stereocenters. The predicted octanol–water partition coefficient (Wildman–Crippen LogP) is 3.77. The zero-order valence-electron chi connectivity index (χ0n) is 12.9. The van der Waals surface area contributed by atoms with E-state index in [1.165, 1.54) is 12.8 Å². The second-order valence-corrected chi connectivity index (χ2v) is 7.15. The highest BCUT2D eigenvalue weighted by molar-refractivity contribution is 6.32. The molecule has 0 spiro atoms. The van der Waals surface area contributed by atoms with Crippen LogP contribution in [0.2, 0.25) is 5.15 Å². The van der Waals surface area contributed by atoms with Crippen molar-refractivity contribution in [2.45, 2.75) is 38.8 Å². The van der Waals surface area contributed by atoms with Gasteiger partial charge in [-0.25, -0.2) is 13.5 Å². The lowest BCUT2D eigenvalue weighted by atomic mass is 9.97. The van der Waals surface area contributed by atoms with Gasteiger partial charge in [-0.05, 0) is 30.7 Å². The normalized spacial score (nSPS) is 20.2. The van der Waals surface area contributed by atoms with E-state index in [4.69, 9.17) is 11.6 Å². The van der Waals surface area contributed by atoms with Crippen molar-refractivity contribution in [2.75, 3.05) is 0 Å². The maximum absolute atomic E-state index is 14.1. The topological polar surface area (TPSA) is 47.2 Å². The molecule has 1 N–H and O–H groups in total. The van der Waals surface area contributed by atoms with Gasteiger partial charge in [-0.15, -0.1) is 0 Å². The van der Waals surface area contributed by atoms with Gasteiger partial charge in [0.05, 0.1) is 5.56 Å². The first-order valence-electron chi connectivity index (χ1n) is 8.13. The summed E-state index contributed by atoms with van der Waals surface area (Å²) in [5, 5.41) is 9.65. The number of phenols is 1. The minimum atomic E-state index is -1.07. The quantitative estimate of drug-likeness (QED) is 0.912. The number of benzene rings is 1. The van der Waals surface area contributed by atoms with E-state index in [-0.39, 0.29) is 16.3 Å². The molecule has 24 heavy (non-hydrogen) atoms. The predicted molar refractivity (Wildman–Crippen MR) is 86.2 cm³/mol. The van der Waals surface area contributed by atoms with E-state index in [9.17, 15) is 18.7 Å². The molecule has 128 valence electrons. The summed E-state index contributed by atoms with van der Waals surface area (Å²) in [6, 6.07) is 1.49. The molecule has 4 nitrogen and oxygen atoms in total. The van der Waals surface area contributed by atoms with Crippen molar-refractivity contribution in [3.8, 4) is 16.9 Å². The Bertz CT molecular complexity index is 870. The maximum Gasteiger partial charge on any atom is 0.276 e. The number of halogens is 3. The minimum Gasteiger partial charge on any atom is -0.505 e. The highest BCUT2D eigenvalue weighted by Gasteiger charge is 2.31. The van der Waals surface area contributed by atoms with Gasteiger partial charge in [-0.2, -0.15) is 0 Å². The van der Waals surface area contributed by atoms with Gasteiger partial charge in [0.1, 0.15) is 11.0 Å². The SMILES string of the molecule is O=c1c(-c2cc(O)c(F)cc2F)c(Cl)n2n1CC(CC1CC1)CC2. The fourth-order valence-electron chi connectivity index (χ4n) is 3.58. The lowest BCUT2D eigenvalue weighted by Crippen LogP contribution is -2.32. The summed E-state index contributed by atoms with van der Waals surface area (Å²) in [7, 11) is 0. The third-order valence-electron chi connectivity index (χ3n) is 5.02. The standard InChI is InChI=1S/C17H17ClF2N2O2/c18-16-15(11-6-14(23)13(20)7-12(11)19)17(24)22-8-10(3-4-21(16)22)5-9-1-2-9/h6-7,9-10,23H,1-5,8H2. The van der Waals surface area contributed by atoms with Crippen LogP contribution in [-0.4, -0.2) is 14.5 Å². The van der Waals surface area contributed by atoms with Gasteiger partial charge in [0.25, 0.3) is 5.56 Å². The Morgan fingerprint density at radius 2 is 1.88 bits per heavy atom. The van der Waals surface area contributed by atoms with Gasteiger partial charge >= 0.3 is 0 Å². The van der Waals surface area contributed by atoms with Gasteiger partial charge < -0.3 is 5.11 Å². The zero-order chi connectivity index (χ0) is 17.0. The first-order chi connectivity index (χ1) is 11.5. The van der Waals surface area contributed by atoms with Gasteiger partial charge in [-0.3, -0.25) is 9.48 Å². The van der Waals surface area contributed by atoms with Gasteiger partial charge in [0.2, 0.25) is 0 Å². The molecule has 0 saturated heterocycles. The second kappa shape index (κ2) is 5.62. The van der Waals surface area contributed by atoms with Crippen molar-refractivity contribution in [1.29, 1.82) is 0 Å². The first-order valence-corrected chi connectivity index (χ1v) is 8.51. The molecular weight excluding hydrogens is 338 g/mol. The van der Waals surface area contributed by atoms with Crippen LogP contribution in [0.1, 0.15) is 25.7 Å². The lowest BCUT2D eigenvalue weighted by molar-refractivity contribution is 0.243. The molecule has 0 bridgehead atoms. The highest BCUT2D eigenvalue weighted by Crippen LogP contribution is 2.39. The van der Waals surface area contributed by atoms with Crippen molar-refractivity contribution >= 4 is 11.6 Å². The molecule has 1 aliphatic heterocycles. The van der Waals surface area contributed by atoms with Crippen molar-refractivity contribution in [2.24, 2.45) is 11.8 Å². The molecule has 0 amide bonds. The average molecular weight is 355 g/mol. The van der Waals surface area contributed by atoms with Gasteiger partial charge in [0, 0.05) is 24.7 Å². The summed E-state index contributed by atoms with van der Waals surface area (Å²) < 4.78 is 30.6. The smallest absolute Gasteiger partial charge is 0.276 e. The average Bonchev–Trinajstić information content (AvgIpc) is 3.32. The molecule has 1 aliphatic carbocycles. The number of aromatic nitrogens is 2. The number of fused-ring (bicyclic) bond motifs is 1. The van der Waals surface area contributed by atoms with E-state index >= 15 is 0 Å². The summed E-state index contributed by atoms with van der Waals surface area (Å²) in [5.74, 6) is -1.49. The van der Waals surface area contributed by atoms with E-state index in [1.807, 2.05) is 0 Å². The Balaban J connectivity index is 1.77. The van der Waals surface area contributed by atoms with Crippen LogP contribution in [-0.2, 0) is 13.1 Å². The molecule has 2 aromatic rings. The number of rotatable bonds is 3. The molecule has 0 radical (unpaired) electrons. The summed E-state index contributed by atoms with van der Waals surface area (Å²) in [6.07, 6.45) is 4.56. The summed E-state index contributed by atoms with van der Waals surface area (Å²) in [6.45, 7) is 1.16. The number of hydrogen-bond acceptors (Lipinski definition) is 2. The van der Waals surface area contributed by atoms with E-state index in [0.29, 0.717) is 25.1 Å². The van der Waals surface area contributed by atoms with Crippen LogP contribution in [0.4, 0.5) is 8.78 Å². The zero-order valence-corrected chi connectivity index (χ0v) is 13.7. The van der Waals surface area contributed by atoms with Crippen LogP contribution >= 0.6 is 11.6 Å². The Morgan fingerprint density at radius 3 is 2.58 bits per heavy atom. The molecule has 7 heteroatoms. The first kappa shape index (κ1) is 15.7. The number of nitrogens with zero attached hydrogens (tertiary/aromatic N) is 2. The van der Waals surface area contributed by atoms with Crippen molar-refractivity contribution in [3.63, 3.8) is 0 Å². The Kier molecular flexibility index (Phi) is 3.67. The highest BCUT2D eigenvalue weighted by atomic mass is 35.5. The molecule has 1 aromatic heterocycles. The number of hydrogen-bond donors (Lipinski definition) is 1. The van der Waals surface area contributed by atoms with Crippen molar-refractivity contribution in [3.05, 3.63) is 39.3 Å². The van der Waals surface area contributed by atoms with Crippen LogP contribution in [0.15, 0.2) is 16.9 Å².